The molecule has 1 aromatic carbocycles. The molecule has 0 amide bonds. The molecule has 0 aliphatic rings. The van der Waals surface area contributed by atoms with E-state index in [0.717, 1.165) is 6.07 Å². The Labute approximate surface area is 93.4 Å². The highest BCUT2D eigenvalue weighted by Crippen LogP contribution is 2.30. The predicted molar refractivity (Wildman–Crippen MR) is 53.1 cm³/mol. The number of hydrogen-bond donors (Lipinski definition) is 0. The molecule has 0 heterocycles. The molecular formula is C10H8BrF3O. The highest BCUT2D eigenvalue weighted by Gasteiger charge is 2.21. The van der Waals surface area contributed by atoms with E-state index in [1.807, 2.05) is 0 Å². The molecule has 1 atom stereocenters. The minimum atomic E-state index is -1.23. The zero-order chi connectivity index (χ0) is 11.6. The number of carbonyl (C=O) groups excluding carboxylic acids is 1. The van der Waals surface area contributed by atoms with Gasteiger partial charge in [0, 0.05) is 12.0 Å². The van der Waals surface area contributed by atoms with Crippen molar-refractivity contribution in [3.05, 3.63) is 33.6 Å². The van der Waals surface area contributed by atoms with Gasteiger partial charge in [-0.3, -0.25) is 0 Å². The minimum absolute atomic E-state index is 0.0519. The summed E-state index contributed by atoms with van der Waals surface area (Å²) in [4.78, 5) is 10.2. The van der Waals surface area contributed by atoms with Crippen LogP contribution in [0.5, 0.6) is 0 Å². The summed E-state index contributed by atoms with van der Waals surface area (Å²) in [5.74, 6) is -3.90. The first kappa shape index (κ1) is 12.2. The van der Waals surface area contributed by atoms with E-state index in [-0.39, 0.29) is 10.9 Å². The highest BCUT2D eigenvalue weighted by molar-refractivity contribution is 9.10. The summed E-state index contributed by atoms with van der Waals surface area (Å²) in [6, 6.07) is 0.724. The number of halogens is 4. The van der Waals surface area contributed by atoms with Gasteiger partial charge >= 0.3 is 0 Å². The van der Waals surface area contributed by atoms with Crippen LogP contribution in [-0.2, 0) is 4.79 Å². The van der Waals surface area contributed by atoms with Crippen LogP contribution in [0.2, 0.25) is 0 Å². The molecule has 15 heavy (non-hydrogen) atoms. The van der Waals surface area contributed by atoms with Crippen molar-refractivity contribution < 1.29 is 18.0 Å². The monoisotopic (exact) mass is 280 g/mol. The van der Waals surface area contributed by atoms with Crippen LogP contribution in [0.4, 0.5) is 13.2 Å². The van der Waals surface area contributed by atoms with Gasteiger partial charge < -0.3 is 4.79 Å². The van der Waals surface area contributed by atoms with E-state index in [1.54, 1.807) is 0 Å². The maximum absolute atomic E-state index is 13.4. The molecular weight excluding hydrogens is 273 g/mol. The average Bonchev–Trinajstić information content (AvgIpc) is 2.16. The molecule has 1 rings (SSSR count). The van der Waals surface area contributed by atoms with Crippen LogP contribution < -0.4 is 0 Å². The summed E-state index contributed by atoms with van der Waals surface area (Å²) in [6.07, 6.45) is 0.492. The van der Waals surface area contributed by atoms with Gasteiger partial charge in [-0.25, -0.2) is 13.2 Å². The lowest BCUT2D eigenvalue weighted by atomic mass is 9.97. The Morgan fingerprint density at radius 3 is 2.53 bits per heavy atom. The smallest absolute Gasteiger partial charge is 0.165 e. The molecule has 0 aliphatic carbocycles. The van der Waals surface area contributed by atoms with Gasteiger partial charge in [0.1, 0.15) is 12.1 Å². The third kappa shape index (κ3) is 2.40. The number of aldehydes is 1. The summed E-state index contributed by atoms with van der Waals surface area (Å²) in [5, 5.41) is 0. The van der Waals surface area contributed by atoms with Crippen molar-refractivity contribution in [2.75, 3.05) is 0 Å². The van der Waals surface area contributed by atoms with Crippen molar-refractivity contribution in [3.8, 4) is 0 Å². The second-order valence-corrected chi connectivity index (χ2v) is 4.04. The van der Waals surface area contributed by atoms with Crippen molar-refractivity contribution in [2.45, 2.75) is 19.3 Å². The van der Waals surface area contributed by atoms with E-state index in [9.17, 15) is 18.0 Å². The van der Waals surface area contributed by atoms with Crippen molar-refractivity contribution >= 4 is 22.2 Å². The lowest BCUT2D eigenvalue weighted by Crippen LogP contribution is -2.05. The Morgan fingerprint density at radius 2 is 2.00 bits per heavy atom. The maximum atomic E-state index is 13.4. The fourth-order valence-corrected chi connectivity index (χ4v) is 1.70. The van der Waals surface area contributed by atoms with Crippen molar-refractivity contribution in [3.63, 3.8) is 0 Å². The minimum Gasteiger partial charge on any atom is -0.303 e. The number of carbonyl (C=O) groups is 1. The lowest BCUT2D eigenvalue weighted by molar-refractivity contribution is -0.108. The van der Waals surface area contributed by atoms with Crippen molar-refractivity contribution in [1.29, 1.82) is 0 Å². The Balaban J connectivity index is 3.31. The van der Waals surface area contributed by atoms with Gasteiger partial charge in [-0.15, -0.1) is 0 Å². The molecule has 1 nitrogen and oxygen atoms in total. The van der Waals surface area contributed by atoms with Crippen LogP contribution in [-0.4, -0.2) is 6.29 Å². The van der Waals surface area contributed by atoms with E-state index in [1.165, 1.54) is 6.92 Å². The van der Waals surface area contributed by atoms with Crippen LogP contribution >= 0.6 is 15.9 Å². The van der Waals surface area contributed by atoms with Gasteiger partial charge in [0.2, 0.25) is 0 Å². The molecule has 1 aromatic rings. The second-order valence-electron chi connectivity index (χ2n) is 3.19. The Hall–Kier alpha value is -0.840. The molecule has 0 saturated heterocycles. The van der Waals surface area contributed by atoms with E-state index >= 15 is 0 Å². The first-order valence-electron chi connectivity index (χ1n) is 4.25. The van der Waals surface area contributed by atoms with Crippen molar-refractivity contribution in [2.24, 2.45) is 0 Å². The SMILES string of the molecule is CC(CC=O)c1c(F)c(F)cc(Br)c1F. The molecule has 0 radical (unpaired) electrons. The normalized spacial score (nSPS) is 12.6. The third-order valence-electron chi connectivity index (χ3n) is 2.09. The molecule has 0 saturated carbocycles. The maximum Gasteiger partial charge on any atom is 0.165 e. The standard InChI is InChI=1S/C10H8BrF3O/c1-5(2-3-15)8-9(13)6(11)4-7(12)10(8)14/h3-5H,2H2,1H3. The summed E-state index contributed by atoms with van der Waals surface area (Å²) < 4.78 is 39.5. The zero-order valence-electron chi connectivity index (χ0n) is 7.86. The summed E-state index contributed by atoms with van der Waals surface area (Å²) in [7, 11) is 0. The molecule has 5 heteroatoms. The number of hydrogen-bond acceptors (Lipinski definition) is 1. The van der Waals surface area contributed by atoms with Crippen LogP contribution in [0.1, 0.15) is 24.8 Å². The Kier molecular flexibility index (Phi) is 3.90. The lowest BCUT2D eigenvalue weighted by Gasteiger charge is -2.12. The summed E-state index contributed by atoms with van der Waals surface area (Å²) in [5.41, 5.74) is -0.394. The Morgan fingerprint density at radius 1 is 1.40 bits per heavy atom. The van der Waals surface area contributed by atoms with Gasteiger partial charge in [0.25, 0.3) is 0 Å². The molecule has 0 bridgehead atoms. The van der Waals surface area contributed by atoms with Crippen LogP contribution in [0, 0.1) is 17.5 Å². The van der Waals surface area contributed by atoms with Gasteiger partial charge in [-0.2, -0.15) is 0 Å². The van der Waals surface area contributed by atoms with E-state index in [0.29, 0.717) is 6.29 Å². The fraction of sp³-hybridized carbons (Fsp3) is 0.300. The van der Waals surface area contributed by atoms with Gasteiger partial charge in [0.05, 0.1) is 4.47 Å². The molecule has 0 fully saturated rings. The molecule has 82 valence electrons. The second kappa shape index (κ2) is 4.79. The Bertz CT molecular complexity index is 366. The van der Waals surface area contributed by atoms with E-state index in [4.69, 9.17) is 0 Å². The number of benzene rings is 1. The van der Waals surface area contributed by atoms with E-state index in [2.05, 4.69) is 15.9 Å². The fourth-order valence-electron chi connectivity index (χ4n) is 1.29. The van der Waals surface area contributed by atoms with Gasteiger partial charge in [0.15, 0.2) is 11.6 Å². The largest absolute Gasteiger partial charge is 0.303 e. The molecule has 0 spiro atoms. The average molecular weight is 281 g/mol. The van der Waals surface area contributed by atoms with Crippen LogP contribution in [0.25, 0.3) is 0 Å². The van der Waals surface area contributed by atoms with Gasteiger partial charge in [-0.1, -0.05) is 6.92 Å². The first-order chi connectivity index (χ1) is 6.99. The molecule has 0 aliphatic heterocycles. The molecule has 1 unspecified atom stereocenters. The van der Waals surface area contributed by atoms with Crippen LogP contribution in [0.15, 0.2) is 10.5 Å². The highest BCUT2D eigenvalue weighted by atomic mass is 79.9. The number of rotatable bonds is 3. The summed E-state index contributed by atoms with van der Waals surface area (Å²) >= 11 is 2.78. The van der Waals surface area contributed by atoms with Crippen molar-refractivity contribution in [1.82, 2.24) is 0 Å². The van der Waals surface area contributed by atoms with E-state index < -0.39 is 28.9 Å². The third-order valence-corrected chi connectivity index (χ3v) is 2.67. The predicted octanol–water partition coefficient (Wildman–Crippen LogP) is 3.56. The first-order valence-corrected chi connectivity index (χ1v) is 5.04. The molecule has 0 N–H and O–H groups in total. The summed E-state index contributed by atoms with van der Waals surface area (Å²) in [6.45, 7) is 1.46. The molecule has 0 aromatic heterocycles. The topological polar surface area (TPSA) is 17.1 Å². The zero-order valence-corrected chi connectivity index (χ0v) is 9.45. The van der Waals surface area contributed by atoms with Gasteiger partial charge in [-0.05, 0) is 27.9 Å². The quantitative estimate of drug-likeness (QED) is 0.611. The van der Waals surface area contributed by atoms with Crippen LogP contribution in [0.3, 0.4) is 0 Å².